The van der Waals surface area contributed by atoms with E-state index in [0.717, 1.165) is 16.1 Å². The Bertz CT molecular complexity index is 1040. The Morgan fingerprint density at radius 3 is 2.34 bits per heavy atom. The van der Waals surface area contributed by atoms with Crippen molar-refractivity contribution in [1.29, 1.82) is 0 Å². The van der Waals surface area contributed by atoms with Crippen molar-refractivity contribution in [2.45, 2.75) is 25.9 Å². The molecule has 0 fully saturated rings. The average Bonchev–Trinajstić information content (AvgIpc) is 2.77. The van der Waals surface area contributed by atoms with Crippen LogP contribution in [0.15, 0.2) is 48.5 Å². The highest BCUT2D eigenvalue weighted by atomic mass is 35.5. The van der Waals surface area contributed by atoms with E-state index in [1.165, 1.54) is 25.1 Å². The number of amides is 2. The van der Waals surface area contributed by atoms with Crippen LogP contribution in [0.25, 0.3) is 0 Å². The number of hydrogen-bond acceptors (Lipinski definition) is 5. The number of likely N-dealkylation sites (N-methyl/N-ethyl adjacent to an activating group) is 1. The molecule has 2 amide bonds. The van der Waals surface area contributed by atoms with Crippen molar-refractivity contribution in [3.63, 3.8) is 0 Å². The lowest BCUT2D eigenvalue weighted by atomic mass is 10.1. The van der Waals surface area contributed by atoms with Gasteiger partial charge < -0.3 is 15.0 Å². The highest BCUT2D eigenvalue weighted by Crippen LogP contribution is 2.24. The van der Waals surface area contributed by atoms with Crippen molar-refractivity contribution in [2.75, 3.05) is 31.3 Å². The van der Waals surface area contributed by atoms with Gasteiger partial charge in [0.2, 0.25) is 21.8 Å². The first-order chi connectivity index (χ1) is 15.1. The number of halogens is 1. The van der Waals surface area contributed by atoms with Gasteiger partial charge in [0.05, 0.1) is 19.1 Å². The Kier molecular flexibility index (Phi) is 8.91. The molecule has 2 rings (SSSR count). The van der Waals surface area contributed by atoms with Gasteiger partial charge in [0, 0.05) is 24.7 Å². The van der Waals surface area contributed by atoms with Crippen LogP contribution in [-0.2, 0) is 26.2 Å². The molecule has 2 aromatic carbocycles. The van der Waals surface area contributed by atoms with Gasteiger partial charge in [0.25, 0.3) is 0 Å². The number of benzene rings is 2. The summed E-state index contributed by atoms with van der Waals surface area (Å²) >= 11 is 5.96. The Labute approximate surface area is 194 Å². The number of carbonyl (C=O) groups excluding carboxylic acids is 2. The van der Waals surface area contributed by atoms with Crippen molar-refractivity contribution in [3.05, 3.63) is 59.1 Å². The minimum Gasteiger partial charge on any atom is -0.497 e. The minimum absolute atomic E-state index is 0.123. The summed E-state index contributed by atoms with van der Waals surface area (Å²) in [5, 5.41) is 3.12. The van der Waals surface area contributed by atoms with Gasteiger partial charge in [-0.05, 0) is 36.2 Å². The van der Waals surface area contributed by atoms with E-state index in [1.807, 2.05) is 0 Å². The van der Waals surface area contributed by atoms with Crippen LogP contribution in [0.4, 0.5) is 5.69 Å². The molecule has 0 aromatic heterocycles. The minimum atomic E-state index is -3.80. The Morgan fingerprint density at radius 1 is 1.16 bits per heavy atom. The maximum atomic E-state index is 13.4. The molecular weight excluding hydrogens is 454 g/mol. The van der Waals surface area contributed by atoms with E-state index in [4.69, 9.17) is 16.3 Å². The van der Waals surface area contributed by atoms with Crippen LogP contribution >= 0.6 is 11.6 Å². The molecule has 0 aliphatic rings. The lowest BCUT2D eigenvalue weighted by Crippen LogP contribution is -2.51. The summed E-state index contributed by atoms with van der Waals surface area (Å²) in [4.78, 5) is 27.3. The van der Waals surface area contributed by atoms with E-state index in [-0.39, 0.29) is 12.5 Å². The van der Waals surface area contributed by atoms with Crippen LogP contribution in [-0.4, -0.2) is 58.1 Å². The Balaban J connectivity index is 2.42. The van der Waals surface area contributed by atoms with Crippen molar-refractivity contribution >= 4 is 39.1 Å². The molecule has 0 heterocycles. The van der Waals surface area contributed by atoms with Gasteiger partial charge in [-0.3, -0.25) is 13.9 Å². The predicted octanol–water partition coefficient (Wildman–Crippen LogP) is 2.67. The smallest absolute Gasteiger partial charge is 0.244 e. The third-order valence-corrected chi connectivity index (χ3v) is 6.31. The molecule has 0 bridgehead atoms. The topological polar surface area (TPSA) is 96.0 Å². The van der Waals surface area contributed by atoms with Gasteiger partial charge in [-0.2, -0.15) is 0 Å². The van der Waals surface area contributed by atoms with Crippen molar-refractivity contribution in [1.82, 2.24) is 10.2 Å². The molecule has 0 saturated carbocycles. The normalized spacial score (nSPS) is 12.0. The third kappa shape index (κ3) is 6.61. The molecule has 32 heavy (non-hydrogen) atoms. The molecule has 2 aromatic rings. The highest BCUT2D eigenvalue weighted by molar-refractivity contribution is 7.92. The average molecular weight is 482 g/mol. The van der Waals surface area contributed by atoms with E-state index in [1.54, 1.807) is 49.4 Å². The van der Waals surface area contributed by atoms with E-state index >= 15 is 0 Å². The maximum Gasteiger partial charge on any atom is 0.244 e. The second kappa shape index (κ2) is 11.2. The quantitative estimate of drug-likeness (QED) is 0.562. The monoisotopic (exact) mass is 481 g/mol. The van der Waals surface area contributed by atoms with E-state index in [9.17, 15) is 18.0 Å². The fourth-order valence-electron chi connectivity index (χ4n) is 3.25. The van der Waals surface area contributed by atoms with Gasteiger partial charge in [-0.15, -0.1) is 0 Å². The summed E-state index contributed by atoms with van der Waals surface area (Å²) in [6.07, 6.45) is 1.39. The zero-order valence-corrected chi connectivity index (χ0v) is 20.1. The maximum absolute atomic E-state index is 13.4. The Hall–Kier alpha value is -2.78. The summed E-state index contributed by atoms with van der Waals surface area (Å²) in [5.41, 5.74) is 1.05. The van der Waals surface area contributed by atoms with Crippen LogP contribution in [0.1, 0.15) is 18.9 Å². The third-order valence-electron chi connectivity index (χ3n) is 4.92. The first kappa shape index (κ1) is 25.5. The molecule has 8 nitrogen and oxygen atoms in total. The van der Waals surface area contributed by atoms with Gasteiger partial charge in [0.15, 0.2) is 0 Å². The number of sulfonamides is 1. The molecule has 0 saturated heterocycles. The zero-order valence-electron chi connectivity index (χ0n) is 18.5. The number of methoxy groups -OCH3 is 1. The van der Waals surface area contributed by atoms with Gasteiger partial charge in [-0.25, -0.2) is 8.42 Å². The molecule has 0 unspecified atom stereocenters. The number of nitrogens with one attached hydrogen (secondary N) is 1. The molecule has 0 aliphatic heterocycles. The zero-order chi connectivity index (χ0) is 23.9. The van der Waals surface area contributed by atoms with E-state index in [0.29, 0.717) is 22.9 Å². The molecule has 10 heteroatoms. The van der Waals surface area contributed by atoms with Crippen LogP contribution in [0, 0.1) is 0 Å². The molecular formula is C22H28ClN3O5S. The van der Waals surface area contributed by atoms with Gasteiger partial charge in [0.1, 0.15) is 18.3 Å². The fourth-order valence-corrected chi connectivity index (χ4v) is 4.22. The van der Waals surface area contributed by atoms with Crippen LogP contribution < -0.4 is 14.4 Å². The predicted molar refractivity (Wildman–Crippen MR) is 125 cm³/mol. The number of anilines is 1. The lowest BCUT2D eigenvalue weighted by molar-refractivity contribution is -0.140. The van der Waals surface area contributed by atoms with Crippen LogP contribution in [0.2, 0.25) is 5.02 Å². The summed E-state index contributed by atoms with van der Waals surface area (Å²) in [6, 6.07) is 12.6. The SMILES string of the molecule is CC[C@H](C(=O)NC)N(Cc1ccc(Cl)cc1)C(=O)CN(c1cccc(OC)c1)S(C)(=O)=O. The molecule has 174 valence electrons. The molecule has 0 aliphatic carbocycles. The van der Waals surface area contributed by atoms with E-state index in [2.05, 4.69) is 5.32 Å². The van der Waals surface area contributed by atoms with E-state index < -0.39 is 28.5 Å². The molecule has 1 atom stereocenters. The number of ether oxygens (including phenoxy) is 1. The molecule has 1 N–H and O–H groups in total. The number of carbonyl (C=O) groups is 2. The van der Waals surface area contributed by atoms with Gasteiger partial charge in [-0.1, -0.05) is 36.7 Å². The van der Waals surface area contributed by atoms with Gasteiger partial charge >= 0.3 is 0 Å². The summed E-state index contributed by atoms with van der Waals surface area (Å²) in [7, 11) is -0.831. The largest absolute Gasteiger partial charge is 0.497 e. The number of nitrogens with zero attached hydrogens (tertiary/aromatic N) is 2. The number of rotatable bonds is 10. The Morgan fingerprint density at radius 2 is 1.81 bits per heavy atom. The standard InChI is InChI=1S/C22H28ClN3O5S/c1-5-20(22(28)24-2)25(14-16-9-11-17(23)12-10-16)21(27)15-26(32(4,29)30)18-7-6-8-19(13-18)31-3/h6-13,20H,5,14-15H2,1-4H3,(H,24,28)/t20-/m1/s1. The summed E-state index contributed by atoms with van der Waals surface area (Å²) in [5.74, 6) is -0.385. The first-order valence-corrected chi connectivity index (χ1v) is 12.2. The van der Waals surface area contributed by atoms with Crippen molar-refractivity contribution in [2.24, 2.45) is 0 Å². The molecule has 0 spiro atoms. The summed E-state index contributed by atoms with van der Waals surface area (Å²) < 4.78 is 31.3. The molecule has 0 radical (unpaired) electrons. The lowest BCUT2D eigenvalue weighted by Gasteiger charge is -2.32. The fraction of sp³-hybridized carbons (Fsp3) is 0.364. The first-order valence-electron chi connectivity index (χ1n) is 9.98. The second-order valence-corrected chi connectivity index (χ2v) is 9.50. The van der Waals surface area contributed by atoms with Crippen molar-refractivity contribution in [3.8, 4) is 5.75 Å². The van der Waals surface area contributed by atoms with Crippen LogP contribution in [0.3, 0.4) is 0 Å². The van der Waals surface area contributed by atoms with Crippen LogP contribution in [0.5, 0.6) is 5.75 Å². The summed E-state index contributed by atoms with van der Waals surface area (Å²) in [6.45, 7) is 1.45. The highest BCUT2D eigenvalue weighted by Gasteiger charge is 2.31. The second-order valence-electron chi connectivity index (χ2n) is 7.16. The van der Waals surface area contributed by atoms with Crippen molar-refractivity contribution < 1.29 is 22.7 Å². The number of hydrogen-bond donors (Lipinski definition) is 1.